The minimum absolute atomic E-state index is 0.0124. The largest absolute Gasteiger partial charge is 0.461 e. The summed E-state index contributed by atoms with van der Waals surface area (Å²) >= 11 is 4.05. The minimum Gasteiger partial charge on any atom is -0.461 e. The lowest BCUT2D eigenvalue weighted by atomic mass is 10.1. The Hall–Kier alpha value is -1.82. The van der Waals surface area contributed by atoms with E-state index in [4.69, 9.17) is 4.74 Å². The Morgan fingerprint density at radius 3 is 2.21 bits per heavy atom. The van der Waals surface area contributed by atoms with Gasteiger partial charge in [0.05, 0.1) is 11.7 Å². The molecule has 0 aromatic carbocycles. The number of rotatable bonds is 11. The maximum atomic E-state index is 11.8. The fraction of sp³-hybridized carbons (Fsp3) is 0.591. The van der Waals surface area contributed by atoms with Crippen LogP contribution in [0.2, 0.25) is 0 Å². The summed E-state index contributed by atoms with van der Waals surface area (Å²) in [6.07, 6.45) is 10.6. The molecule has 0 bridgehead atoms. The zero-order valence-electron chi connectivity index (χ0n) is 17.5. The smallest absolute Gasteiger partial charge is 0.307 e. The van der Waals surface area contributed by atoms with Crippen molar-refractivity contribution in [3.63, 3.8) is 0 Å². The zero-order chi connectivity index (χ0) is 21.1. The highest BCUT2D eigenvalue weighted by atomic mass is 32.1. The topological polar surface area (TPSA) is 63.7 Å². The van der Waals surface area contributed by atoms with Gasteiger partial charge in [0.2, 0.25) is 11.8 Å². The van der Waals surface area contributed by atoms with Crippen LogP contribution >= 0.6 is 12.6 Å². The summed E-state index contributed by atoms with van der Waals surface area (Å²) in [4.78, 5) is 36.2. The molecule has 1 heterocycles. The molecule has 0 aromatic rings. The zero-order valence-corrected chi connectivity index (χ0v) is 18.4. The molecule has 0 N–H and O–H groups in total. The number of carbonyl (C=O) groups is 3. The van der Waals surface area contributed by atoms with E-state index in [1.807, 2.05) is 13.0 Å². The summed E-state index contributed by atoms with van der Waals surface area (Å²) in [5, 5.41) is -0.584. The van der Waals surface area contributed by atoms with Gasteiger partial charge in [-0.25, -0.2) is 0 Å². The van der Waals surface area contributed by atoms with Gasteiger partial charge >= 0.3 is 5.97 Å². The van der Waals surface area contributed by atoms with Crippen molar-refractivity contribution >= 4 is 30.4 Å². The summed E-state index contributed by atoms with van der Waals surface area (Å²) in [6, 6.07) is 0. The molecule has 0 spiro atoms. The molecule has 156 valence electrons. The van der Waals surface area contributed by atoms with Crippen LogP contribution in [0, 0.1) is 0 Å². The summed E-state index contributed by atoms with van der Waals surface area (Å²) < 4.78 is 5.17. The van der Waals surface area contributed by atoms with Crippen molar-refractivity contribution < 1.29 is 19.1 Å². The van der Waals surface area contributed by atoms with E-state index >= 15 is 0 Å². The number of likely N-dealkylation sites (tertiary alicyclic amines) is 1. The molecule has 1 aliphatic heterocycles. The quantitative estimate of drug-likeness (QED) is 0.239. The third kappa shape index (κ3) is 9.40. The molecule has 6 heteroatoms. The van der Waals surface area contributed by atoms with Crippen molar-refractivity contribution in [2.75, 3.05) is 13.2 Å². The monoisotopic (exact) mass is 407 g/mol. The van der Waals surface area contributed by atoms with Gasteiger partial charge in [0.25, 0.3) is 0 Å². The molecule has 1 aliphatic rings. The number of nitrogens with zero attached hydrogens (tertiary/aromatic N) is 1. The molecular formula is C22H33NO4S. The second kappa shape index (κ2) is 12.6. The van der Waals surface area contributed by atoms with Gasteiger partial charge in [-0.15, -0.1) is 0 Å². The Kier molecular flexibility index (Phi) is 10.9. The number of amides is 2. The highest BCUT2D eigenvalue weighted by molar-refractivity contribution is 7.81. The molecule has 1 saturated heterocycles. The Bertz CT molecular complexity index is 659. The second-order valence-corrected chi connectivity index (χ2v) is 8.12. The first-order valence-corrected chi connectivity index (χ1v) is 10.3. The number of hydrogen-bond acceptors (Lipinski definition) is 5. The Labute approximate surface area is 174 Å². The molecular weight excluding hydrogens is 374 g/mol. The first-order chi connectivity index (χ1) is 13.2. The van der Waals surface area contributed by atoms with E-state index in [9.17, 15) is 14.4 Å². The summed E-state index contributed by atoms with van der Waals surface area (Å²) in [5.41, 5.74) is 3.92. The van der Waals surface area contributed by atoms with Gasteiger partial charge in [0, 0.05) is 13.0 Å². The standard InChI is InChI=1S/C22H33NO4S/c1-16(2)7-5-8-17(3)9-6-10-18(4)12-14-27-21(25)11-13-23-20(24)15-19(28)22(23)26/h7,9,12,19,28H,5-6,8,10-11,13-15H2,1-4H3/b17-9+,18-12+/t19-/m1/s1. The Morgan fingerprint density at radius 1 is 1.04 bits per heavy atom. The molecule has 28 heavy (non-hydrogen) atoms. The molecule has 1 fully saturated rings. The van der Waals surface area contributed by atoms with Crippen molar-refractivity contribution in [3.8, 4) is 0 Å². The number of thiol groups is 1. The number of allylic oxidation sites excluding steroid dienone is 5. The van der Waals surface area contributed by atoms with Crippen molar-refractivity contribution in [2.45, 2.75) is 71.5 Å². The van der Waals surface area contributed by atoms with Gasteiger partial charge in [0.1, 0.15) is 6.61 Å². The third-order valence-corrected chi connectivity index (χ3v) is 4.96. The van der Waals surface area contributed by atoms with E-state index < -0.39 is 11.2 Å². The number of carbonyl (C=O) groups excluding carboxylic acids is 3. The first-order valence-electron chi connectivity index (χ1n) is 9.83. The SMILES string of the molecule is CC(C)=CCC/C(C)=C/CC/C(C)=C/COC(=O)CCN1C(=O)C[C@@H](S)C1=O. The average molecular weight is 408 g/mol. The maximum absolute atomic E-state index is 11.8. The molecule has 0 aliphatic carbocycles. The van der Waals surface area contributed by atoms with Crippen LogP contribution in [0.5, 0.6) is 0 Å². The molecule has 0 unspecified atom stereocenters. The number of hydrogen-bond donors (Lipinski definition) is 1. The first kappa shape index (κ1) is 24.2. The normalized spacial score (nSPS) is 17.9. The van der Waals surface area contributed by atoms with Crippen molar-refractivity contribution in [2.24, 2.45) is 0 Å². The average Bonchev–Trinajstić information content (AvgIpc) is 2.85. The van der Waals surface area contributed by atoms with E-state index in [0.717, 1.165) is 30.6 Å². The molecule has 2 amide bonds. The van der Waals surface area contributed by atoms with Gasteiger partial charge in [-0.05, 0) is 59.5 Å². The minimum atomic E-state index is -0.584. The predicted octanol–water partition coefficient (Wildman–Crippen LogP) is 4.40. The lowest BCUT2D eigenvalue weighted by Gasteiger charge is -2.13. The highest BCUT2D eigenvalue weighted by Gasteiger charge is 2.36. The number of ether oxygens (including phenoxy) is 1. The molecule has 0 saturated carbocycles. The lowest BCUT2D eigenvalue weighted by molar-refractivity contribution is -0.144. The van der Waals surface area contributed by atoms with Crippen molar-refractivity contribution in [1.82, 2.24) is 4.90 Å². The van der Waals surface area contributed by atoms with Crippen LogP contribution < -0.4 is 0 Å². The van der Waals surface area contributed by atoms with Crippen molar-refractivity contribution in [1.29, 1.82) is 0 Å². The summed E-state index contributed by atoms with van der Waals surface area (Å²) in [5.74, 6) is -1.03. The highest BCUT2D eigenvalue weighted by Crippen LogP contribution is 2.18. The van der Waals surface area contributed by atoms with Gasteiger partial charge in [0.15, 0.2) is 0 Å². The fourth-order valence-corrected chi connectivity index (χ4v) is 3.09. The Balaban J connectivity index is 2.23. The van der Waals surface area contributed by atoms with E-state index in [-0.39, 0.29) is 37.8 Å². The molecule has 0 aromatic heterocycles. The molecule has 0 radical (unpaired) electrons. The fourth-order valence-electron chi connectivity index (χ4n) is 2.79. The van der Waals surface area contributed by atoms with Crippen LogP contribution in [-0.2, 0) is 19.1 Å². The van der Waals surface area contributed by atoms with Gasteiger partial charge in [-0.2, -0.15) is 12.6 Å². The predicted molar refractivity (Wildman–Crippen MR) is 115 cm³/mol. The number of imide groups is 1. The van der Waals surface area contributed by atoms with E-state index in [2.05, 4.69) is 45.6 Å². The molecule has 5 nitrogen and oxygen atoms in total. The van der Waals surface area contributed by atoms with Crippen LogP contribution in [0.15, 0.2) is 34.9 Å². The molecule has 1 rings (SSSR count). The van der Waals surface area contributed by atoms with Crippen LogP contribution in [0.4, 0.5) is 0 Å². The Morgan fingerprint density at radius 2 is 1.64 bits per heavy atom. The van der Waals surface area contributed by atoms with Gasteiger partial charge < -0.3 is 4.74 Å². The summed E-state index contributed by atoms with van der Waals surface area (Å²) in [7, 11) is 0. The second-order valence-electron chi connectivity index (χ2n) is 7.50. The van der Waals surface area contributed by atoms with Gasteiger partial charge in [-0.1, -0.05) is 28.9 Å². The third-order valence-electron chi connectivity index (χ3n) is 4.56. The maximum Gasteiger partial charge on any atom is 0.307 e. The molecule has 1 atom stereocenters. The van der Waals surface area contributed by atoms with E-state index in [1.165, 1.54) is 16.7 Å². The van der Waals surface area contributed by atoms with Crippen LogP contribution in [0.25, 0.3) is 0 Å². The number of esters is 1. The van der Waals surface area contributed by atoms with Crippen LogP contribution in [-0.4, -0.2) is 41.1 Å². The van der Waals surface area contributed by atoms with Crippen molar-refractivity contribution in [3.05, 3.63) is 34.9 Å². The van der Waals surface area contributed by atoms with E-state index in [0.29, 0.717) is 0 Å². The van der Waals surface area contributed by atoms with E-state index in [1.54, 1.807) is 0 Å². The lowest BCUT2D eigenvalue weighted by Crippen LogP contribution is -2.33. The van der Waals surface area contributed by atoms with Crippen LogP contribution in [0.1, 0.15) is 66.2 Å². The summed E-state index contributed by atoms with van der Waals surface area (Å²) in [6.45, 7) is 8.68. The van der Waals surface area contributed by atoms with Gasteiger partial charge in [-0.3, -0.25) is 19.3 Å². The van der Waals surface area contributed by atoms with Crippen LogP contribution in [0.3, 0.4) is 0 Å².